The molecule has 2 aromatic carbocycles. The summed E-state index contributed by atoms with van der Waals surface area (Å²) in [7, 11) is -6.77. The van der Waals surface area contributed by atoms with Crippen molar-refractivity contribution in [2.45, 2.75) is 47.7 Å². The van der Waals surface area contributed by atoms with Crippen LogP contribution in [0.4, 0.5) is 0 Å². The maximum Gasteiger partial charge on any atom is 0.243 e. The molecule has 0 aliphatic carbocycles. The SMILES string of the molecule is CS(=O)(=O)Cc1cccc(OCC(O)CNC2COC3(CCN(S(=O)(=O)c4ccc5ncccc5c4)CC3)C2)c1. The van der Waals surface area contributed by atoms with Crippen molar-refractivity contribution >= 4 is 30.8 Å². The first-order valence-electron chi connectivity index (χ1n) is 13.3. The largest absolute Gasteiger partial charge is 0.491 e. The van der Waals surface area contributed by atoms with Crippen LogP contribution in [0.1, 0.15) is 24.8 Å². The van der Waals surface area contributed by atoms with Gasteiger partial charge >= 0.3 is 0 Å². The fraction of sp³-hybridized carbons (Fsp3) is 0.464. The molecule has 2 saturated heterocycles. The molecule has 12 heteroatoms. The number of ether oxygens (including phenoxy) is 2. The molecule has 2 aliphatic heterocycles. The van der Waals surface area contributed by atoms with E-state index in [2.05, 4.69) is 10.3 Å². The quantitative estimate of drug-likeness (QED) is 0.365. The van der Waals surface area contributed by atoms with Gasteiger partial charge in [0.1, 0.15) is 18.5 Å². The standard InChI is InChI=1S/C28H35N3O7S2/c1-39(33,34)20-21-4-2-6-25(14-21)37-19-24(32)17-30-23-16-28(38-18-23)9-12-31(13-10-28)40(35,36)26-7-8-27-22(15-26)5-3-11-29-27/h2-8,11,14-15,23-24,30,32H,9-10,12-13,16-20H2,1H3. The Labute approximate surface area is 235 Å². The highest BCUT2D eigenvalue weighted by Crippen LogP contribution is 2.37. The summed E-state index contributed by atoms with van der Waals surface area (Å²) >= 11 is 0. The lowest BCUT2D eigenvalue weighted by atomic mass is 9.88. The van der Waals surface area contributed by atoms with Crippen LogP contribution in [0.25, 0.3) is 10.9 Å². The first-order valence-corrected chi connectivity index (χ1v) is 16.8. The summed E-state index contributed by atoms with van der Waals surface area (Å²) in [6.45, 7) is 1.63. The molecule has 0 radical (unpaired) electrons. The Balaban J connectivity index is 1.08. The lowest BCUT2D eigenvalue weighted by Crippen LogP contribution is -2.47. The minimum atomic E-state index is -3.62. The first-order chi connectivity index (χ1) is 19.0. The first kappa shape index (κ1) is 28.9. The highest BCUT2D eigenvalue weighted by molar-refractivity contribution is 7.90. The Morgan fingerprint density at radius 3 is 2.70 bits per heavy atom. The average Bonchev–Trinajstić information content (AvgIpc) is 3.32. The normalized spacial score (nSPS) is 20.6. The number of aliphatic hydroxyl groups is 1. The number of sulfonamides is 1. The number of nitrogens with one attached hydrogen (secondary N) is 1. The van der Waals surface area contributed by atoms with Gasteiger partial charge in [-0.25, -0.2) is 16.8 Å². The summed E-state index contributed by atoms with van der Waals surface area (Å²) in [6, 6.07) is 15.6. The van der Waals surface area contributed by atoms with Crippen molar-refractivity contribution in [3.63, 3.8) is 0 Å². The number of piperidine rings is 1. The molecule has 216 valence electrons. The minimum absolute atomic E-state index is 0.0453. The van der Waals surface area contributed by atoms with Gasteiger partial charge in [0.2, 0.25) is 10.0 Å². The van der Waals surface area contributed by atoms with Gasteiger partial charge in [-0.1, -0.05) is 18.2 Å². The highest BCUT2D eigenvalue weighted by atomic mass is 32.2. The summed E-state index contributed by atoms with van der Waals surface area (Å²) in [6.07, 6.45) is 4.05. The van der Waals surface area contributed by atoms with E-state index in [0.29, 0.717) is 50.4 Å². The van der Waals surface area contributed by atoms with E-state index in [0.717, 1.165) is 17.3 Å². The molecular formula is C28H35N3O7S2. The average molecular weight is 590 g/mol. The third-order valence-electron chi connectivity index (χ3n) is 7.47. The molecule has 10 nitrogen and oxygen atoms in total. The van der Waals surface area contributed by atoms with Crippen LogP contribution < -0.4 is 10.1 Å². The van der Waals surface area contributed by atoms with Gasteiger partial charge < -0.3 is 19.9 Å². The molecule has 2 atom stereocenters. The minimum Gasteiger partial charge on any atom is -0.491 e. The van der Waals surface area contributed by atoms with E-state index >= 15 is 0 Å². The number of aromatic nitrogens is 1. The number of nitrogens with zero attached hydrogens (tertiary/aromatic N) is 2. The maximum absolute atomic E-state index is 13.3. The Morgan fingerprint density at radius 2 is 1.93 bits per heavy atom. The number of hydrogen-bond acceptors (Lipinski definition) is 9. The molecule has 2 unspecified atom stereocenters. The van der Waals surface area contributed by atoms with Gasteiger partial charge in [0.05, 0.1) is 28.4 Å². The fourth-order valence-electron chi connectivity index (χ4n) is 5.40. The van der Waals surface area contributed by atoms with E-state index in [1.165, 1.54) is 10.6 Å². The predicted octanol–water partition coefficient (Wildman–Crippen LogP) is 2.12. The van der Waals surface area contributed by atoms with Crippen LogP contribution in [0.5, 0.6) is 5.75 Å². The Morgan fingerprint density at radius 1 is 1.12 bits per heavy atom. The number of rotatable bonds is 10. The van der Waals surface area contributed by atoms with Crippen LogP contribution in [0.3, 0.4) is 0 Å². The Hall–Kier alpha value is -2.61. The lowest BCUT2D eigenvalue weighted by molar-refractivity contribution is -0.0312. The Kier molecular flexibility index (Phi) is 8.46. The van der Waals surface area contributed by atoms with Crippen molar-refractivity contribution in [3.8, 4) is 5.75 Å². The number of benzene rings is 2. The van der Waals surface area contributed by atoms with Crippen molar-refractivity contribution in [3.05, 3.63) is 66.4 Å². The van der Waals surface area contributed by atoms with Crippen LogP contribution in [0, 0.1) is 0 Å². The molecule has 0 saturated carbocycles. The van der Waals surface area contributed by atoms with Crippen LogP contribution in [0.15, 0.2) is 65.7 Å². The third kappa shape index (κ3) is 6.99. The van der Waals surface area contributed by atoms with Crippen molar-refractivity contribution in [1.29, 1.82) is 0 Å². The number of fused-ring (bicyclic) bond motifs is 1. The van der Waals surface area contributed by atoms with E-state index in [4.69, 9.17) is 9.47 Å². The number of pyridine rings is 1. The molecule has 2 N–H and O–H groups in total. The molecule has 2 fully saturated rings. The van der Waals surface area contributed by atoms with Gasteiger partial charge in [-0.2, -0.15) is 4.31 Å². The molecule has 0 amide bonds. The summed E-state index contributed by atoms with van der Waals surface area (Å²) in [5.74, 6) is 0.438. The summed E-state index contributed by atoms with van der Waals surface area (Å²) in [5.41, 5.74) is 1.01. The van der Waals surface area contributed by atoms with Gasteiger partial charge in [-0.15, -0.1) is 0 Å². The Bertz CT molecular complexity index is 1550. The van der Waals surface area contributed by atoms with Gasteiger partial charge in [0.15, 0.2) is 9.84 Å². The van der Waals surface area contributed by atoms with Crippen LogP contribution >= 0.6 is 0 Å². The van der Waals surface area contributed by atoms with Crippen LogP contribution in [-0.2, 0) is 30.4 Å². The highest BCUT2D eigenvalue weighted by Gasteiger charge is 2.44. The van der Waals surface area contributed by atoms with E-state index in [9.17, 15) is 21.9 Å². The predicted molar refractivity (Wildman–Crippen MR) is 151 cm³/mol. The van der Waals surface area contributed by atoms with E-state index in [1.807, 2.05) is 6.07 Å². The molecule has 3 aromatic rings. The molecule has 40 heavy (non-hydrogen) atoms. The van der Waals surface area contributed by atoms with Crippen molar-refractivity contribution in [2.24, 2.45) is 0 Å². The van der Waals surface area contributed by atoms with E-state index < -0.39 is 26.0 Å². The van der Waals surface area contributed by atoms with Gasteiger partial charge in [-0.05, 0) is 61.2 Å². The number of sulfone groups is 1. The zero-order valence-corrected chi connectivity index (χ0v) is 24.0. The summed E-state index contributed by atoms with van der Waals surface area (Å²) in [5, 5.41) is 14.6. The summed E-state index contributed by atoms with van der Waals surface area (Å²) < 4.78 is 63.1. The van der Waals surface area contributed by atoms with Crippen LogP contribution in [-0.4, -0.2) is 88.1 Å². The second-order valence-corrected chi connectivity index (χ2v) is 14.8. The zero-order valence-electron chi connectivity index (χ0n) is 22.4. The molecule has 0 bridgehead atoms. The lowest BCUT2D eigenvalue weighted by Gasteiger charge is -2.38. The number of aliphatic hydroxyl groups excluding tert-OH is 1. The monoisotopic (exact) mass is 589 g/mol. The topological polar surface area (TPSA) is 135 Å². The number of hydrogen-bond donors (Lipinski definition) is 2. The van der Waals surface area contributed by atoms with Crippen molar-refractivity contribution in [1.82, 2.24) is 14.6 Å². The summed E-state index contributed by atoms with van der Waals surface area (Å²) in [4.78, 5) is 4.54. The fourth-order valence-corrected chi connectivity index (χ4v) is 7.67. The second kappa shape index (κ2) is 11.7. The van der Waals surface area contributed by atoms with Gasteiger partial charge in [0.25, 0.3) is 0 Å². The molecule has 1 aromatic heterocycles. The molecule has 5 rings (SSSR count). The molecule has 2 aliphatic rings. The smallest absolute Gasteiger partial charge is 0.243 e. The van der Waals surface area contributed by atoms with Gasteiger partial charge in [-0.3, -0.25) is 4.98 Å². The van der Waals surface area contributed by atoms with Crippen molar-refractivity contribution in [2.75, 3.05) is 39.1 Å². The molecule has 1 spiro atoms. The van der Waals surface area contributed by atoms with Crippen LogP contribution in [0.2, 0.25) is 0 Å². The van der Waals surface area contributed by atoms with E-state index in [-0.39, 0.29) is 28.9 Å². The maximum atomic E-state index is 13.3. The zero-order chi connectivity index (χ0) is 28.4. The second-order valence-electron chi connectivity index (χ2n) is 10.7. The molecule has 3 heterocycles. The third-order valence-corrected chi connectivity index (χ3v) is 10.2. The van der Waals surface area contributed by atoms with Gasteiger partial charge in [0, 0.05) is 43.5 Å². The van der Waals surface area contributed by atoms with E-state index in [1.54, 1.807) is 54.7 Å². The van der Waals surface area contributed by atoms with Crippen molar-refractivity contribution < 1.29 is 31.4 Å². The molecular weight excluding hydrogens is 554 g/mol.